The fourth-order valence-corrected chi connectivity index (χ4v) is 4.16. The Balaban J connectivity index is 1.43. The minimum absolute atomic E-state index is 0.0604. The molecule has 2 fully saturated rings. The second-order valence-electron chi connectivity index (χ2n) is 7.80. The third kappa shape index (κ3) is 3.81. The molecule has 4 rings (SSSR count). The van der Waals surface area contributed by atoms with Gasteiger partial charge in [0.1, 0.15) is 11.6 Å². The summed E-state index contributed by atoms with van der Waals surface area (Å²) >= 11 is 0. The van der Waals surface area contributed by atoms with Gasteiger partial charge in [-0.15, -0.1) is 0 Å². The molecule has 1 unspecified atom stereocenters. The number of nitrogens with zero attached hydrogens (tertiary/aromatic N) is 3. The minimum Gasteiger partial charge on any atom is -0.356 e. The third-order valence-corrected chi connectivity index (χ3v) is 5.73. The smallest absolute Gasteiger partial charge is 0.256 e. The number of carbonyl (C=O) groups excluding carboxylic acids is 2. The minimum atomic E-state index is -0.564. The maximum Gasteiger partial charge on any atom is 0.256 e. The van der Waals surface area contributed by atoms with Gasteiger partial charge in [-0.05, 0) is 49.1 Å². The third-order valence-electron chi connectivity index (χ3n) is 5.73. The van der Waals surface area contributed by atoms with Crippen LogP contribution in [-0.4, -0.2) is 54.4 Å². The molecule has 2 amide bonds. The van der Waals surface area contributed by atoms with Crippen molar-refractivity contribution in [3.8, 4) is 0 Å². The lowest BCUT2D eigenvalue weighted by molar-refractivity contribution is -0.120. The van der Waals surface area contributed by atoms with Gasteiger partial charge in [0, 0.05) is 38.9 Å². The average molecular weight is 396 g/mol. The lowest BCUT2D eigenvalue weighted by atomic mass is 9.96. The van der Waals surface area contributed by atoms with Crippen molar-refractivity contribution in [2.24, 2.45) is 0 Å². The van der Waals surface area contributed by atoms with Crippen molar-refractivity contribution in [1.82, 2.24) is 15.2 Å². The van der Waals surface area contributed by atoms with E-state index >= 15 is 0 Å². The van der Waals surface area contributed by atoms with E-state index < -0.39 is 5.82 Å². The lowest BCUT2D eigenvalue weighted by Gasteiger charge is -2.36. The summed E-state index contributed by atoms with van der Waals surface area (Å²) in [6.07, 6.45) is 2.50. The van der Waals surface area contributed by atoms with Crippen LogP contribution in [0.25, 0.3) is 0 Å². The number of amides is 2. The molecule has 2 saturated heterocycles. The fraction of sp³-hybridized carbons (Fsp3) is 0.409. The number of aryl methyl sites for hydroxylation is 2. The molecule has 2 aromatic rings. The summed E-state index contributed by atoms with van der Waals surface area (Å²) in [5, 5.41) is 2.75. The zero-order chi connectivity index (χ0) is 20.5. The number of nitrogens with one attached hydrogen (secondary N) is 1. The summed E-state index contributed by atoms with van der Waals surface area (Å²) in [5.41, 5.74) is 2.92. The molecule has 7 heteroatoms. The Labute approximate surface area is 169 Å². The first kappa shape index (κ1) is 19.4. The predicted octanol–water partition coefficient (Wildman–Crippen LogP) is 2.40. The largest absolute Gasteiger partial charge is 0.356 e. The molecule has 152 valence electrons. The molecule has 0 bridgehead atoms. The van der Waals surface area contributed by atoms with Gasteiger partial charge < -0.3 is 15.1 Å². The molecule has 2 aliphatic rings. The highest BCUT2D eigenvalue weighted by molar-refractivity contribution is 5.95. The van der Waals surface area contributed by atoms with Gasteiger partial charge in [-0.3, -0.25) is 9.59 Å². The second-order valence-corrected chi connectivity index (χ2v) is 7.80. The Kier molecular flexibility index (Phi) is 5.22. The average Bonchev–Trinajstić information content (AvgIpc) is 3.13. The number of carbonyl (C=O) groups is 2. The van der Waals surface area contributed by atoms with Crippen LogP contribution in [0.1, 0.15) is 39.4 Å². The van der Waals surface area contributed by atoms with Gasteiger partial charge in [-0.1, -0.05) is 12.1 Å². The van der Waals surface area contributed by atoms with E-state index in [9.17, 15) is 14.0 Å². The Bertz CT molecular complexity index is 954. The number of benzene rings is 1. The number of rotatable bonds is 3. The molecule has 0 spiro atoms. The van der Waals surface area contributed by atoms with Crippen LogP contribution in [0, 0.1) is 19.7 Å². The Morgan fingerprint density at radius 3 is 2.55 bits per heavy atom. The van der Waals surface area contributed by atoms with E-state index in [0.29, 0.717) is 44.7 Å². The van der Waals surface area contributed by atoms with Crippen LogP contribution < -0.4 is 10.2 Å². The number of pyridine rings is 1. The zero-order valence-electron chi connectivity index (χ0n) is 16.7. The Morgan fingerprint density at radius 1 is 1.17 bits per heavy atom. The van der Waals surface area contributed by atoms with Gasteiger partial charge in [-0.2, -0.15) is 0 Å². The number of halogens is 1. The second kappa shape index (κ2) is 7.81. The van der Waals surface area contributed by atoms with Crippen molar-refractivity contribution in [1.29, 1.82) is 0 Å². The summed E-state index contributed by atoms with van der Waals surface area (Å²) < 4.78 is 14.7. The van der Waals surface area contributed by atoms with Crippen molar-refractivity contribution in [2.45, 2.75) is 26.2 Å². The van der Waals surface area contributed by atoms with Gasteiger partial charge in [0.05, 0.1) is 11.5 Å². The first-order valence-electron chi connectivity index (χ1n) is 9.98. The van der Waals surface area contributed by atoms with Crippen molar-refractivity contribution in [2.75, 3.05) is 37.6 Å². The van der Waals surface area contributed by atoms with Gasteiger partial charge in [-0.25, -0.2) is 9.37 Å². The number of hydrogen-bond donors (Lipinski definition) is 1. The van der Waals surface area contributed by atoms with Gasteiger partial charge in [0.15, 0.2) is 0 Å². The molecule has 0 saturated carbocycles. The van der Waals surface area contributed by atoms with Crippen LogP contribution in [0.2, 0.25) is 0 Å². The van der Waals surface area contributed by atoms with Crippen LogP contribution in [0.15, 0.2) is 30.5 Å². The van der Waals surface area contributed by atoms with E-state index in [-0.39, 0.29) is 23.3 Å². The molecule has 0 aliphatic carbocycles. The number of hydrogen-bond acceptors (Lipinski definition) is 4. The van der Waals surface area contributed by atoms with E-state index in [1.54, 1.807) is 11.0 Å². The highest BCUT2D eigenvalue weighted by Gasteiger charge is 2.29. The first-order valence-corrected chi connectivity index (χ1v) is 9.98. The van der Waals surface area contributed by atoms with Gasteiger partial charge >= 0.3 is 0 Å². The molecule has 29 heavy (non-hydrogen) atoms. The van der Waals surface area contributed by atoms with E-state index in [2.05, 4.69) is 21.3 Å². The van der Waals surface area contributed by atoms with Crippen molar-refractivity contribution < 1.29 is 14.0 Å². The SMILES string of the molecule is Cc1cnc(N2CCN(C(=O)c3ccc(C4CCNC4=O)cc3F)CC2)c(C)c1. The molecule has 0 radical (unpaired) electrons. The van der Waals surface area contributed by atoms with E-state index in [0.717, 1.165) is 16.9 Å². The molecule has 1 aromatic carbocycles. The van der Waals surface area contributed by atoms with Crippen molar-refractivity contribution in [3.05, 3.63) is 58.5 Å². The predicted molar refractivity (Wildman–Crippen MR) is 109 cm³/mol. The van der Waals surface area contributed by atoms with E-state index in [4.69, 9.17) is 0 Å². The molecular weight excluding hydrogens is 371 g/mol. The van der Waals surface area contributed by atoms with E-state index in [1.165, 1.54) is 12.1 Å². The molecule has 1 N–H and O–H groups in total. The zero-order valence-corrected chi connectivity index (χ0v) is 16.7. The number of anilines is 1. The summed E-state index contributed by atoms with van der Waals surface area (Å²) in [5.74, 6) is -0.348. The highest BCUT2D eigenvalue weighted by Crippen LogP contribution is 2.26. The topological polar surface area (TPSA) is 65.5 Å². The summed E-state index contributed by atoms with van der Waals surface area (Å²) in [6, 6.07) is 6.64. The van der Waals surface area contributed by atoms with Crippen molar-refractivity contribution in [3.63, 3.8) is 0 Å². The highest BCUT2D eigenvalue weighted by atomic mass is 19.1. The fourth-order valence-electron chi connectivity index (χ4n) is 4.16. The quantitative estimate of drug-likeness (QED) is 0.865. The van der Waals surface area contributed by atoms with Crippen LogP contribution >= 0.6 is 0 Å². The van der Waals surface area contributed by atoms with Crippen LogP contribution in [0.5, 0.6) is 0 Å². The first-order chi connectivity index (χ1) is 13.9. The van der Waals surface area contributed by atoms with Crippen LogP contribution in [-0.2, 0) is 4.79 Å². The molecular formula is C22H25FN4O2. The molecule has 1 aromatic heterocycles. The summed E-state index contributed by atoms with van der Waals surface area (Å²) in [4.78, 5) is 33.0. The Hall–Kier alpha value is -2.96. The monoisotopic (exact) mass is 396 g/mol. The Morgan fingerprint density at radius 2 is 1.93 bits per heavy atom. The van der Waals surface area contributed by atoms with E-state index in [1.807, 2.05) is 20.0 Å². The van der Waals surface area contributed by atoms with Gasteiger partial charge in [0.2, 0.25) is 5.91 Å². The van der Waals surface area contributed by atoms with Crippen LogP contribution in [0.3, 0.4) is 0 Å². The maximum absolute atomic E-state index is 14.7. The summed E-state index contributed by atoms with van der Waals surface area (Å²) in [7, 11) is 0. The van der Waals surface area contributed by atoms with Gasteiger partial charge in [0.25, 0.3) is 5.91 Å². The molecule has 2 aliphatic heterocycles. The summed E-state index contributed by atoms with van der Waals surface area (Å²) in [6.45, 7) is 6.99. The van der Waals surface area contributed by atoms with Crippen LogP contribution in [0.4, 0.5) is 10.2 Å². The normalized spacial score (nSPS) is 19.4. The standard InChI is InChI=1S/C22H25FN4O2/c1-14-11-15(2)20(25-13-14)26-7-9-27(10-8-26)22(29)18-4-3-16(12-19(18)23)17-5-6-24-21(17)28/h3-4,11-13,17H,5-10H2,1-2H3,(H,24,28). The maximum atomic E-state index is 14.7. The lowest BCUT2D eigenvalue weighted by Crippen LogP contribution is -2.49. The number of piperazine rings is 1. The number of aromatic nitrogens is 1. The molecule has 1 atom stereocenters. The molecule has 3 heterocycles. The van der Waals surface area contributed by atoms with Crippen molar-refractivity contribution >= 4 is 17.6 Å². The molecule has 6 nitrogen and oxygen atoms in total.